The smallest absolute Gasteiger partial charge is 0.122 e. The van der Waals surface area contributed by atoms with Gasteiger partial charge in [0.1, 0.15) is 5.75 Å². The van der Waals surface area contributed by atoms with E-state index in [-0.39, 0.29) is 0 Å². The van der Waals surface area contributed by atoms with Crippen LogP contribution in [0.5, 0.6) is 5.75 Å². The van der Waals surface area contributed by atoms with E-state index in [0.717, 1.165) is 12.2 Å². The number of hydrogen-bond donors (Lipinski definition) is 0. The maximum absolute atomic E-state index is 5.24. The Bertz CT molecular complexity index is 251. The van der Waals surface area contributed by atoms with E-state index in [9.17, 15) is 0 Å². The summed E-state index contributed by atoms with van der Waals surface area (Å²) in [5.41, 5.74) is 3.94. The quantitative estimate of drug-likeness (QED) is 0.653. The Balaban J connectivity index is 3.18. The second-order valence-electron chi connectivity index (χ2n) is 3.10. The van der Waals surface area contributed by atoms with Gasteiger partial charge in [0, 0.05) is 0 Å². The van der Waals surface area contributed by atoms with Crippen LogP contribution in [-0.4, -0.2) is 7.11 Å². The minimum Gasteiger partial charge on any atom is -0.496 e. The van der Waals surface area contributed by atoms with Gasteiger partial charge >= 0.3 is 0 Å². The minimum atomic E-state index is 0.998. The van der Waals surface area contributed by atoms with Crippen molar-refractivity contribution in [3.63, 3.8) is 0 Å². The third-order valence-corrected chi connectivity index (χ3v) is 2.23. The molecule has 0 saturated carbocycles. The Morgan fingerprint density at radius 1 is 1.17 bits per heavy atom. The molecule has 1 heteroatoms. The zero-order chi connectivity index (χ0) is 9.14. The molecule has 1 aromatic carbocycles. The van der Waals surface area contributed by atoms with Gasteiger partial charge in [-0.1, -0.05) is 13.0 Å². The van der Waals surface area contributed by atoms with E-state index in [2.05, 4.69) is 32.9 Å². The fraction of sp³-hybridized carbons (Fsp3) is 0.455. The van der Waals surface area contributed by atoms with E-state index in [4.69, 9.17) is 4.74 Å². The predicted molar refractivity (Wildman–Crippen MR) is 51.8 cm³/mol. The lowest BCUT2D eigenvalue weighted by Gasteiger charge is -2.09. The first kappa shape index (κ1) is 9.11. The lowest BCUT2D eigenvalue weighted by atomic mass is 10.0. The van der Waals surface area contributed by atoms with Crippen molar-refractivity contribution < 1.29 is 4.74 Å². The predicted octanol–water partition coefficient (Wildman–Crippen LogP) is 2.87. The van der Waals surface area contributed by atoms with Gasteiger partial charge in [-0.05, 0) is 43.0 Å². The largest absolute Gasteiger partial charge is 0.496 e. The average Bonchev–Trinajstić information content (AvgIpc) is 2.05. The molecule has 0 amide bonds. The van der Waals surface area contributed by atoms with E-state index in [1.54, 1.807) is 7.11 Å². The average molecular weight is 164 g/mol. The Morgan fingerprint density at radius 2 is 1.83 bits per heavy atom. The molecule has 0 radical (unpaired) electrons. The summed E-state index contributed by atoms with van der Waals surface area (Å²) in [6.07, 6.45) is 1.07. The molecule has 0 spiro atoms. The summed E-state index contributed by atoms with van der Waals surface area (Å²) in [6, 6.07) is 4.31. The first-order valence-corrected chi connectivity index (χ1v) is 4.33. The van der Waals surface area contributed by atoms with Gasteiger partial charge in [0.25, 0.3) is 0 Å². The van der Waals surface area contributed by atoms with Crippen LogP contribution in [0.15, 0.2) is 12.1 Å². The summed E-state index contributed by atoms with van der Waals surface area (Å²) in [6.45, 7) is 6.38. The van der Waals surface area contributed by atoms with Crippen LogP contribution in [0.1, 0.15) is 23.6 Å². The zero-order valence-corrected chi connectivity index (χ0v) is 8.27. The number of benzene rings is 1. The Kier molecular flexibility index (Phi) is 2.74. The highest BCUT2D eigenvalue weighted by Crippen LogP contribution is 2.22. The van der Waals surface area contributed by atoms with Crippen LogP contribution in [0.25, 0.3) is 0 Å². The molecule has 0 unspecified atom stereocenters. The molecule has 0 atom stereocenters. The first-order chi connectivity index (χ1) is 5.69. The third-order valence-electron chi connectivity index (χ3n) is 2.23. The van der Waals surface area contributed by atoms with Gasteiger partial charge in [0.2, 0.25) is 0 Å². The molecule has 0 aliphatic carbocycles. The summed E-state index contributed by atoms with van der Waals surface area (Å²) in [7, 11) is 1.72. The summed E-state index contributed by atoms with van der Waals surface area (Å²) < 4.78 is 5.24. The van der Waals surface area contributed by atoms with E-state index < -0.39 is 0 Å². The van der Waals surface area contributed by atoms with E-state index >= 15 is 0 Å². The van der Waals surface area contributed by atoms with Gasteiger partial charge < -0.3 is 4.74 Å². The molecule has 0 aliphatic heterocycles. The lowest BCUT2D eigenvalue weighted by molar-refractivity contribution is 0.411. The number of aryl methyl sites for hydroxylation is 3. The van der Waals surface area contributed by atoms with Crippen molar-refractivity contribution in [3.05, 3.63) is 28.8 Å². The SMILES string of the molecule is CCc1cc(OC)c(C)cc1C. The zero-order valence-electron chi connectivity index (χ0n) is 8.27. The molecule has 0 aromatic heterocycles. The van der Waals surface area contributed by atoms with Crippen molar-refractivity contribution in [2.45, 2.75) is 27.2 Å². The summed E-state index contributed by atoms with van der Waals surface area (Å²) in [5, 5.41) is 0. The molecule has 0 heterocycles. The molecule has 1 nitrogen and oxygen atoms in total. The van der Waals surface area contributed by atoms with Gasteiger partial charge in [-0.25, -0.2) is 0 Å². The van der Waals surface area contributed by atoms with Crippen molar-refractivity contribution in [3.8, 4) is 5.75 Å². The molecule has 1 aromatic rings. The monoisotopic (exact) mass is 164 g/mol. The van der Waals surface area contributed by atoms with Crippen LogP contribution in [0.2, 0.25) is 0 Å². The molecule has 0 bridgehead atoms. The molecule has 1 rings (SSSR count). The highest BCUT2D eigenvalue weighted by atomic mass is 16.5. The molecule has 12 heavy (non-hydrogen) atoms. The van der Waals surface area contributed by atoms with Crippen molar-refractivity contribution in [2.24, 2.45) is 0 Å². The first-order valence-electron chi connectivity index (χ1n) is 4.33. The third kappa shape index (κ3) is 1.60. The van der Waals surface area contributed by atoms with E-state index in [1.165, 1.54) is 16.7 Å². The van der Waals surface area contributed by atoms with Crippen molar-refractivity contribution in [1.29, 1.82) is 0 Å². The summed E-state index contributed by atoms with van der Waals surface area (Å²) in [4.78, 5) is 0. The number of rotatable bonds is 2. The standard InChI is InChI=1S/C11H16O/c1-5-10-7-11(12-4)9(3)6-8(10)2/h6-7H,5H2,1-4H3. The summed E-state index contributed by atoms with van der Waals surface area (Å²) >= 11 is 0. The van der Waals surface area contributed by atoms with Gasteiger partial charge in [-0.2, -0.15) is 0 Å². The van der Waals surface area contributed by atoms with E-state index in [0.29, 0.717) is 0 Å². The fourth-order valence-electron chi connectivity index (χ4n) is 1.48. The highest BCUT2D eigenvalue weighted by Gasteiger charge is 2.02. The molecule has 0 N–H and O–H groups in total. The van der Waals surface area contributed by atoms with Crippen LogP contribution in [0.4, 0.5) is 0 Å². The van der Waals surface area contributed by atoms with Crippen LogP contribution >= 0.6 is 0 Å². The second kappa shape index (κ2) is 3.61. The molecule has 66 valence electrons. The van der Waals surface area contributed by atoms with Crippen LogP contribution in [-0.2, 0) is 6.42 Å². The Labute approximate surface area is 74.4 Å². The topological polar surface area (TPSA) is 9.23 Å². The molecule has 0 aliphatic rings. The van der Waals surface area contributed by atoms with Crippen LogP contribution in [0, 0.1) is 13.8 Å². The molecule has 0 saturated heterocycles. The van der Waals surface area contributed by atoms with Gasteiger partial charge in [0.15, 0.2) is 0 Å². The maximum Gasteiger partial charge on any atom is 0.122 e. The Morgan fingerprint density at radius 3 is 2.33 bits per heavy atom. The minimum absolute atomic E-state index is 0.998. The maximum atomic E-state index is 5.24. The molecule has 0 fully saturated rings. The number of hydrogen-bond acceptors (Lipinski definition) is 1. The van der Waals surface area contributed by atoms with Gasteiger partial charge in [-0.15, -0.1) is 0 Å². The van der Waals surface area contributed by atoms with Crippen LogP contribution in [0.3, 0.4) is 0 Å². The molecular formula is C11H16O. The number of methoxy groups -OCH3 is 1. The fourth-order valence-corrected chi connectivity index (χ4v) is 1.48. The van der Waals surface area contributed by atoms with Crippen molar-refractivity contribution in [2.75, 3.05) is 7.11 Å². The van der Waals surface area contributed by atoms with Gasteiger partial charge in [0.05, 0.1) is 7.11 Å². The van der Waals surface area contributed by atoms with Crippen molar-refractivity contribution >= 4 is 0 Å². The molecular weight excluding hydrogens is 148 g/mol. The second-order valence-corrected chi connectivity index (χ2v) is 3.10. The van der Waals surface area contributed by atoms with Crippen LogP contribution < -0.4 is 4.74 Å². The normalized spacial score (nSPS) is 10.0. The number of ether oxygens (including phenoxy) is 1. The lowest BCUT2D eigenvalue weighted by Crippen LogP contribution is -1.92. The van der Waals surface area contributed by atoms with E-state index in [1.807, 2.05) is 0 Å². The highest BCUT2D eigenvalue weighted by molar-refractivity contribution is 5.41. The Hall–Kier alpha value is -0.980. The van der Waals surface area contributed by atoms with Gasteiger partial charge in [-0.3, -0.25) is 0 Å². The summed E-state index contributed by atoms with van der Waals surface area (Å²) in [5.74, 6) is 0.998. The van der Waals surface area contributed by atoms with Crippen molar-refractivity contribution in [1.82, 2.24) is 0 Å².